The van der Waals surface area contributed by atoms with Crippen LogP contribution in [-0.4, -0.2) is 24.3 Å². The molecule has 1 rings (SSSR count). The third-order valence-corrected chi connectivity index (χ3v) is 1.45. The Morgan fingerprint density at radius 2 is 1.35 bits per heavy atom. The fraction of sp³-hybridized carbons (Fsp3) is 0. The minimum Gasteiger partial charge on any atom is -0.445 e. The van der Waals surface area contributed by atoms with Gasteiger partial charge in [0.2, 0.25) is 12.4 Å². The molecule has 0 bridgehead atoms. The number of hydrogen-bond donors (Lipinski definition) is 6. The van der Waals surface area contributed by atoms with E-state index in [-0.39, 0.29) is 11.9 Å². The van der Waals surface area contributed by atoms with E-state index in [0.29, 0.717) is 11.5 Å². The molecule has 1 aromatic heterocycles. The van der Waals surface area contributed by atoms with Crippen molar-refractivity contribution >= 4 is 24.3 Å². The summed E-state index contributed by atoms with van der Waals surface area (Å²) in [7, 11) is 0. The number of nitrogens with two attached hydrogens (primary N) is 4. The summed E-state index contributed by atoms with van der Waals surface area (Å²) in [5.41, 5.74) is 20.5. The average molecular weight is 238 g/mol. The van der Waals surface area contributed by atoms with Crippen LogP contribution >= 0.6 is 0 Å². The molecule has 0 saturated carbocycles. The Morgan fingerprint density at radius 3 is 1.71 bits per heavy atom. The number of nitrogens with one attached hydrogen (secondary N) is 2. The smallest absolute Gasteiger partial charge is 0.256 e. The number of furan rings is 1. The van der Waals surface area contributed by atoms with Gasteiger partial charge < -0.3 is 27.4 Å². The zero-order chi connectivity index (χ0) is 12.7. The highest BCUT2D eigenvalue weighted by atomic mass is 16.3. The Labute approximate surface area is 96.6 Å². The molecular formula is C8H14N8O+2. The van der Waals surface area contributed by atoms with Crippen LogP contribution in [0.1, 0.15) is 11.5 Å². The second-order valence-electron chi connectivity index (χ2n) is 2.86. The van der Waals surface area contributed by atoms with E-state index in [4.69, 9.17) is 27.4 Å². The summed E-state index contributed by atoms with van der Waals surface area (Å²) in [5, 5.41) is 12.1. The lowest BCUT2D eigenvalue weighted by Gasteiger charge is -1.79. The van der Waals surface area contributed by atoms with Gasteiger partial charge in [0.1, 0.15) is 0 Å². The third kappa shape index (κ3) is 4.97. The van der Waals surface area contributed by atoms with Crippen molar-refractivity contribution in [3.05, 3.63) is 23.7 Å². The SMILES string of the molecule is NC(N)=N/[NH+]=C/c1ccc(/C=[NH+]/N=C(N)N)o1. The zero-order valence-electron chi connectivity index (χ0n) is 8.92. The van der Waals surface area contributed by atoms with E-state index in [0.717, 1.165) is 0 Å². The summed E-state index contributed by atoms with van der Waals surface area (Å²) in [5.74, 6) is 0.920. The van der Waals surface area contributed by atoms with E-state index < -0.39 is 0 Å². The second-order valence-corrected chi connectivity index (χ2v) is 2.86. The molecule has 90 valence electrons. The van der Waals surface area contributed by atoms with Gasteiger partial charge in [0, 0.05) is 10.2 Å². The van der Waals surface area contributed by atoms with Crippen molar-refractivity contribution in [1.29, 1.82) is 0 Å². The molecule has 0 amide bonds. The normalized spacial score (nSPS) is 10.8. The Kier molecular flexibility index (Phi) is 4.25. The maximum Gasteiger partial charge on any atom is 0.256 e. The van der Waals surface area contributed by atoms with E-state index >= 15 is 0 Å². The molecule has 0 atom stereocenters. The number of hydrogen-bond acceptors (Lipinski definition) is 3. The molecule has 0 aliphatic carbocycles. The first kappa shape index (κ1) is 12.2. The molecule has 9 heteroatoms. The lowest BCUT2D eigenvalue weighted by atomic mass is 10.4. The largest absolute Gasteiger partial charge is 0.445 e. The quantitative estimate of drug-likeness (QED) is 0.174. The summed E-state index contributed by atoms with van der Waals surface area (Å²) >= 11 is 0. The fourth-order valence-corrected chi connectivity index (χ4v) is 0.864. The molecule has 0 aromatic carbocycles. The molecular weight excluding hydrogens is 224 g/mol. The van der Waals surface area contributed by atoms with Gasteiger partial charge in [0.15, 0.2) is 11.5 Å². The number of guanidine groups is 2. The van der Waals surface area contributed by atoms with Crippen LogP contribution in [0.25, 0.3) is 0 Å². The first-order valence-electron chi connectivity index (χ1n) is 4.52. The van der Waals surface area contributed by atoms with Gasteiger partial charge in [-0.05, 0) is 12.1 Å². The summed E-state index contributed by atoms with van der Waals surface area (Å²) in [6, 6.07) is 3.41. The van der Waals surface area contributed by atoms with Crippen LogP contribution in [0, 0.1) is 0 Å². The molecule has 0 radical (unpaired) electrons. The third-order valence-electron chi connectivity index (χ3n) is 1.45. The van der Waals surface area contributed by atoms with Crippen LogP contribution in [0.5, 0.6) is 0 Å². The van der Waals surface area contributed by atoms with Crippen LogP contribution in [0.3, 0.4) is 0 Å². The van der Waals surface area contributed by atoms with Crippen LogP contribution in [0.15, 0.2) is 26.8 Å². The van der Waals surface area contributed by atoms with E-state index in [1.54, 1.807) is 12.1 Å². The lowest BCUT2D eigenvalue weighted by Crippen LogP contribution is -2.64. The summed E-state index contributed by atoms with van der Waals surface area (Å²) < 4.78 is 5.31. The maximum atomic E-state index is 5.31. The van der Waals surface area contributed by atoms with Crippen molar-refractivity contribution < 1.29 is 14.6 Å². The molecule has 1 aromatic rings. The van der Waals surface area contributed by atoms with Crippen molar-refractivity contribution in [1.82, 2.24) is 0 Å². The fourth-order valence-electron chi connectivity index (χ4n) is 0.864. The predicted octanol–water partition coefficient (Wildman–Crippen LogP) is -5.34. The van der Waals surface area contributed by atoms with Gasteiger partial charge in [-0.1, -0.05) is 10.2 Å². The van der Waals surface area contributed by atoms with Gasteiger partial charge >= 0.3 is 0 Å². The molecule has 1 heterocycles. The molecule has 10 N–H and O–H groups in total. The van der Waals surface area contributed by atoms with Crippen LogP contribution in [0.4, 0.5) is 0 Å². The van der Waals surface area contributed by atoms with Gasteiger partial charge in [0.05, 0.1) is 0 Å². The molecule has 0 aliphatic rings. The van der Waals surface area contributed by atoms with Gasteiger partial charge in [-0.2, -0.15) is 0 Å². The van der Waals surface area contributed by atoms with Gasteiger partial charge in [-0.15, -0.1) is 0 Å². The van der Waals surface area contributed by atoms with Gasteiger partial charge in [-0.3, -0.25) is 0 Å². The first-order valence-corrected chi connectivity index (χ1v) is 4.52. The number of rotatable bonds is 4. The molecule has 17 heavy (non-hydrogen) atoms. The molecule has 0 spiro atoms. The Hall–Kier alpha value is -2.84. The van der Waals surface area contributed by atoms with E-state index in [2.05, 4.69) is 20.4 Å². The van der Waals surface area contributed by atoms with Crippen molar-refractivity contribution in [2.75, 3.05) is 0 Å². The first-order chi connectivity index (χ1) is 8.08. The summed E-state index contributed by atoms with van der Waals surface area (Å²) in [4.78, 5) is 0. The highest BCUT2D eigenvalue weighted by Crippen LogP contribution is 2.00. The monoisotopic (exact) mass is 238 g/mol. The Balaban J connectivity index is 2.66. The standard InChI is InChI=1S/C8H12N8O/c9-7(10)15-13-3-5-1-2-6(17-5)4-14-16-8(11)12/h1-4H,(H4,9,10,15)(H4,11,12,16)/p+2/b13-3+,14-4+. The predicted molar refractivity (Wildman–Crippen MR) is 62.6 cm³/mol. The molecule has 0 fully saturated rings. The van der Waals surface area contributed by atoms with Crippen LogP contribution in [-0.2, 0) is 0 Å². The minimum atomic E-state index is -0.0750. The van der Waals surface area contributed by atoms with E-state index in [9.17, 15) is 0 Å². The van der Waals surface area contributed by atoms with Crippen molar-refractivity contribution in [2.24, 2.45) is 33.1 Å². The average Bonchev–Trinajstić information content (AvgIpc) is 2.65. The highest BCUT2D eigenvalue weighted by Gasteiger charge is 2.01. The van der Waals surface area contributed by atoms with Crippen molar-refractivity contribution in [2.45, 2.75) is 0 Å². The number of nitrogens with zero attached hydrogens (tertiary/aromatic N) is 2. The van der Waals surface area contributed by atoms with Crippen LogP contribution in [0.2, 0.25) is 0 Å². The summed E-state index contributed by atoms with van der Waals surface area (Å²) in [6.07, 6.45) is 2.97. The topological polar surface area (TPSA) is 170 Å². The Morgan fingerprint density at radius 1 is 0.941 bits per heavy atom. The van der Waals surface area contributed by atoms with Crippen molar-refractivity contribution in [3.8, 4) is 0 Å². The number of hydrazone groups is 2. The van der Waals surface area contributed by atoms with Gasteiger partial charge in [-0.25, -0.2) is 0 Å². The molecule has 0 unspecified atom stereocenters. The summed E-state index contributed by atoms with van der Waals surface area (Å²) in [6.45, 7) is 0. The van der Waals surface area contributed by atoms with Crippen molar-refractivity contribution in [3.63, 3.8) is 0 Å². The zero-order valence-corrected chi connectivity index (χ0v) is 8.92. The molecule has 0 aliphatic heterocycles. The highest BCUT2D eigenvalue weighted by molar-refractivity contribution is 5.78. The maximum absolute atomic E-state index is 5.31. The lowest BCUT2D eigenvalue weighted by molar-refractivity contribution is -0.457. The van der Waals surface area contributed by atoms with Crippen LogP contribution < -0.4 is 33.1 Å². The molecule has 9 nitrogen and oxygen atoms in total. The van der Waals surface area contributed by atoms with E-state index in [1.807, 2.05) is 0 Å². The second kappa shape index (κ2) is 5.90. The Bertz CT molecular complexity index is 433. The van der Waals surface area contributed by atoms with Gasteiger partial charge in [0.25, 0.3) is 11.9 Å². The molecule has 0 saturated heterocycles. The van der Waals surface area contributed by atoms with E-state index in [1.165, 1.54) is 12.4 Å². The minimum absolute atomic E-state index is 0.0750.